The molecule has 2 aromatic rings. The van der Waals surface area contributed by atoms with Gasteiger partial charge < -0.3 is 10.6 Å². The van der Waals surface area contributed by atoms with Crippen molar-refractivity contribution in [1.82, 2.24) is 15.1 Å². The van der Waals surface area contributed by atoms with Gasteiger partial charge in [-0.1, -0.05) is 58.4 Å². The predicted molar refractivity (Wildman–Crippen MR) is 104 cm³/mol. The van der Waals surface area contributed by atoms with Gasteiger partial charge in [0, 0.05) is 11.5 Å². The van der Waals surface area contributed by atoms with Crippen molar-refractivity contribution in [2.24, 2.45) is 5.92 Å². The minimum Gasteiger partial charge on any atom is -0.309 e. The van der Waals surface area contributed by atoms with Crippen LogP contribution in [0.15, 0.2) is 30.3 Å². The highest BCUT2D eigenvalue weighted by Crippen LogP contribution is 2.28. The first-order chi connectivity index (χ1) is 11.7. The van der Waals surface area contributed by atoms with Crippen LogP contribution in [-0.2, 0) is 10.2 Å². The monoisotopic (exact) mass is 362 g/mol. The zero-order chi connectivity index (χ0) is 18.6. The van der Waals surface area contributed by atoms with E-state index in [9.17, 15) is 4.79 Å². The molecule has 0 bridgehead atoms. The molecule has 1 amide bonds. The van der Waals surface area contributed by atoms with Crippen molar-refractivity contribution in [3.8, 4) is 5.69 Å². The van der Waals surface area contributed by atoms with Gasteiger partial charge in [0.15, 0.2) is 0 Å². The highest BCUT2D eigenvalue weighted by atomic mass is 35.5. The first-order valence-corrected chi connectivity index (χ1v) is 8.92. The van der Waals surface area contributed by atoms with Gasteiger partial charge in [0.25, 0.3) is 0 Å². The van der Waals surface area contributed by atoms with Gasteiger partial charge in [-0.2, -0.15) is 5.10 Å². The zero-order valence-electron chi connectivity index (χ0n) is 15.6. The molecular weight excluding hydrogens is 336 g/mol. The minimum absolute atomic E-state index is 0.102. The highest BCUT2D eigenvalue weighted by molar-refractivity contribution is 6.32. The Bertz CT molecular complexity index is 731. The van der Waals surface area contributed by atoms with Gasteiger partial charge in [-0.15, -0.1) is 0 Å². The van der Waals surface area contributed by atoms with Gasteiger partial charge >= 0.3 is 0 Å². The van der Waals surface area contributed by atoms with Crippen LogP contribution in [0.2, 0.25) is 5.02 Å². The summed E-state index contributed by atoms with van der Waals surface area (Å²) in [5, 5.41) is 11.3. The van der Waals surface area contributed by atoms with Crippen molar-refractivity contribution in [3.05, 3.63) is 41.0 Å². The molecule has 0 saturated carbocycles. The zero-order valence-corrected chi connectivity index (χ0v) is 16.3. The number of hydrogen-bond acceptors (Lipinski definition) is 3. The van der Waals surface area contributed by atoms with E-state index in [0.717, 1.165) is 17.9 Å². The third-order valence-electron chi connectivity index (χ3n) is 3.66. The van der Waals surface area contributed by atoms with E-state index in [-0.39, 0.29) is 17.9 Å². The Morgan fingerprint density at radius 1 is 1.28 bits per heavy atom. The number of rotatable bonds is 6. The van der Waals surface area contributed by atoms with Gasteiger partial charge in [0.05, 0.1) is 22.9 Å². The Kier molecular flexibility index (Phi) is 6.25. The van der Waals surface area contributed by atoms with Crippen molar-refractivity contribution in [2.45, 2.75) is 40.0 Å². The molecule has 1 aromatic heterocycles. The van der Waals surface area contributed by atoms with Crippen molar-refractivity contribution in [1.29, 1.82) is 0 Å². The summed E-state index contributed by atoms with van der Waals surface area (Å²) in [5.74, 6) is 1.01. The van der Waals surface area contributed by atoms with Crippen molar-refractivity contribution < 1.29 is 4.79 Å². The Morgan fingerprint density at radius 3 is 2.56 bits per heavy atom. The number of benzene rings is 1. The minimum atomic E-state index is -0.137. The Balaban J connectivity index is 2.28. The van der Waals surface area contributed by atoms with Crippen molar-refractivity contribution >= 4 is 23.3 Å². The molecule has 2 rings (SSSR count). The summed E-state index contributed by atoms with van der Waals surface area (Å²) >= 11 is 6.32. The molecule has 0 atom stereocenters. The lowest BCUT2D eigenvalue weighted by Gasteiger charge is -2.14. The van der Waals surface area contributed by atoms with E-state index in [1.165, 1.54) is 0 Å². The van der Waals surface area contributed by atoms with E-state index in [2.05, 4.69) is 50.4 Å². The van der Waals surface area contributed by atoms with E-state index in [4.69, 9.17) is 11.6 Å². The predicted octanol–water partition coefficient (Wildman–Crippen LogP) is 4.01. The molecule has 0 spiro atoms. The normalized spacial score (nSPS) is 11.8. The number of hydrogen-bond donors (Lipinski definition) is 2. The number of amides is 1. The third-order valence-corrected chi connectivity index (χ3v) is 3.98. The molecule has 2 N–H and O–H groups in total. The maximum absolute atomic E-state index is 12.3. The van der Waals surface area contributed by atoms with Crippen LogP contribution in [0.4, 0.5) is 5.82 Å². The standard InChI is InChI=1S/C19H27ClN4O/c1-13(2)11-21-12-18(25)22-17-10-16(19(3,4)5)23-24(17)15-9-7-6-8-14(15)20/h6-10,13,21H,11-12H2,1-5H3,(H,22,25). The summed E-state index contributed by atoms with van der Waals surface area (Å²) in [6, 6.07) is 9.37. The third kappa shape index (κ3) is 5.31. The first kappa shape index (κ1) is 19.5. The molecule has 0 saturated heterocycles. The molecular formula is C19H27ClN4O. The van der Waals surface area contributed by atoms with Crippen LogP contribution < -0.4 is 10.6 Å². The first-order valence-electron chi connectivity index (χ1n) is 8.54. The van der Waals surface area contributed by atoms with Crippen LogP contribution in [0.3, 0.4) is 0 Å². The summed E-state index contributed by atoms with van der Waals surface area (Å²) in [4.78, 5) is 12.3. The molecule has 1 heterocycles. The molecule has 0 aliphatic heterocycles. The second kappa shape index (κ2) is 8.02. The number of para-hydroxylation sites is 1. The van der Waals surface area contributed by atoms with Crippen LogP contribution in [0, 0.1) is 5.92 Å². The van der Waals surface area contributed by atoms with Crippen LogP contribution in [0.1, 0.15) is 40.3 Å². The van der Waals surface area contributed by atoms with E-state index in [0.29, 0.717) is 16.8 Å². The van der Waals surface area contributed by atoms with E-state index >= 15 is 0 Å². The molecule has 25 heavy (non-hydrogen) atoms. The van der Waals surface area contributed by atoms with Crippen LogP contribution >= 0.6 is 11.6 Å². The van der Waals surface area contributed by atoms with Gasteiger partial charge in [-0.05, 0) is 24.6 Å². The van der Waals surface area contributed by atoms with Crippen LogP contribution in [-0.4, -0.2) is 28.8 Å². The van der Waals surface area contributed by atoms with Gasteiger partial charge in [-0.3, -0.25) is 4.79 Å². The second-order valence-corrected chi connectivity index (χ2v) is 8.01. The summed E-state index contributed by atoms with van der Waals surface area (Å²) in [7, 11) is 0. The summed E-state index contributed by atoms with van der Waals surface area (Å²) in [5.41, 5.74) is 1.49. The van der Waals surface area contributed by atoms with Crippen LogP contribution in [0.25, 0.3) is 5.69 Å². The van der Waals surface area contributed by atoms with Gasteiger partial charge in [-0.25, -0.2) is 4.68 Å². The number of nitrogens with zero attached hydrogens (tertiary/aromatic N) is 2. The number of anilines is 1. The average Bonchev–Trinajstić information content (AvgIpc) is 2.91. The van der Waals surface area contributed by atoms with Gasteiger partial charge in [0.2, 0.25) is 5.91 Å². The molecule has 136 valence electrons. The van der Waals surface area contributed by atoms with E-state index in [1.54, 1.807) is 4.68 Å². The number of halogens is 1. The summed E-state index contributed by atoms with van der Waals surface area (Å²) in [6.07, 6.45) is 0. The number of carbonyl (C=O) groups is 1. The second-order valence-electron chi connectivity index (χ2n) is 7.60. The molecule has 6 heteroatoms. The quantitative estimate of drug-likeness (QED) is 0.816. The maximum Gasteiger partial charge on any atom is 0.239 e. The van der Waals surface area contributed by atoms with Crippen molar-refractivity contribution in [3.63, 3.8) is 0 Å². The van der Waals surface area contributed by atoms with Gasteiger partial charge in [0.1, 0.15) is 5.82 Å². The Labute approximate surface area is 154 Å². The molecule has 0 unspecified atom stereocenters. The number of carbonyl (C=O) groups excluding carboxylic acids is 1. The fraction of sp³-hybridized carbons (Fsp3) is 0.474. The molecule has 1 aromatic carbocycles. The van der Waals surface area contributed by atoms with Crippen LogP contribution in [0.5, 0.6) is 0 Å². The average molecular weight is 363 g/mol. The summed E-state index contributed by atoms with van der Waals surface area (Å²) in [6.45, 7) is 11.5. The SMILES string of the molecule is CC(C)CNCC(=O)Nc1cc(C(C)(C)C)nn1-c1ccccc1Cl. The number of aromatic nitrogens is 2. The lowest BCUT2D eigenvalue weighted by Crippen LogP contribution is -2.31. The molecule has 5 nitrogen and oxygen atoms in total. The van der Waals surface area contributed by atoms with E-state index < -0.39 is 0 Å². The topological polar surface area (TPSA) is 59.0 Å². The Morgan fingerprint density at radius 2 is 1.96 bits per heavy atom. The van der Waals surface area contributed by atoms with E-state index in [1.807, 2.05) is 30.3 Å². The Hall–Kier alpha value is -1.85. The molecule has 0 aliphatic carbocycles. The lowest BCUT2D eigenvalue weighted by molar-refractivity contribution is -0.115. The number of nitrogens with one attached hydrogen (secondary N) is 2. The summed E-state index contributed by atoms with van der Waals surface area (Å²) < 4.78 is 1.70. The molecule has 0 aliphatic rings. The lowest BCUT2D eigenvalue weighted by atomic mass is 9.92. The largest absolute Gasteiger partial charge is 0.309 e. The fourth-order valence-corrected chi connectivity index (χ4v) is 2.52. The highest BCUT2D eigenvalue weighted by Gasteiger charge is 2.22. The fourth-order valence-electron chi connectivity index (χ4n) is 2.31. The molecule has 0 radical (unpaired) electrons. The molecule has 0 fully saturated rings. The maximum atomic E-state index is 12.3. The van der Waals surface area contributed by atoms with Crippen molar-refractivity contribution in [2.75, 3.05) is 18.4 Å². The smallest absolute Gasteiger partial charge is 0.239 e.